The first kappa shape index (κ1) is 18.8. The summed E-state index contributed by atoms with van der Waals surface area (Å²) in [5.41, 5.74) is 3.71. The molecule has 6 nitrogen and oxygen atoms in total. The van der Waals surface area contributed by atoms with Gasteiger partial charge in [-0.2, -0.15) is 5.10 Å². The van der Waals surface area contributed by atoms with Crippen LogP contribution in [0.25, 0.3) is 0 Å². The number of guanidine groups is 1. The molecule has 0 saturated carbocycles. The lowest BCUT2D eigenvalue weighted by atomic mass is 10.0. The van der Waals surface area contributed by atoms with Gasteiger partial charge in [0.15, 0.2) is 5.96 Å². The van der Waals surface area contributed by atoms with E-state index in [0.717, 1.165) is 24.6 Å². The van der Waals surface area contributed by atoms with Crippen molar-refractivity contribution in [2.45, 2.75) is 59.0 Å². The number of aromatic nitrogens is 2. The number of nitrogens with zero attached hydrogens (tertiary/aromatic N) is 4. The van der Waals surface area contributed by atoms with Gasteiger partial charge >= 0.3 is 0 Å². The second-order valence-electron chi connectivity index (χ2n) is 7.07. The fourth-order valence-electron chi connectivity index (χ4n) is 3.43. The maximum atomic E-state index is 4.48. The van der Waals surface area contributed by atoms with Crippen LogP contribution in [0.1, 0.15) is 43.6 Å². The van der Waals surface area contributed by atoms with Gasteiger partial charge in [-0.05, 0) is 52.5 Å². The van der Waals surface area contributed by atoms with E-state index >= 15 is 0 Å². The van der Waals surface area contributed by atoms with Crippen LogP contribution in [0.4, 0.5) is 0 Å². The largest absolute Gasteiger partial charge is 0.356 e. The Balaban J connectivity index is 1.77. The summed E-state index contributed by atoms with van der Waals surface area (Å²) in [5, 5.41) is 11.5. The first-order valence-corrected chi connectivity index (χ1v) is 9.12. The van der Waals surface area contributed by atoms with Crippen molar-refractivity contribution in [3.8, 4) is 0 Å². The van der Waals surface area contributed by atoms with Crippen LogP contribution in [-0.4, -0.2) is 59.4 Å². The second-order valence-corrected chi connectivity index (χ2v) is 7.07. The lowest BCUT2D eigenvalue weighted by Crippen LogP contribution is -2.50. The number of hydrogen-bond acceptors (Lipinski definition) is 3. The molecular formula is C18H34N6. The Hall–Kier alpha value is -1.56. The molecule has 6 heteroatoms. The van der Waals surface area contributed by atoms with Crippen molar-refractivity contribution >= 4 is 5.96 Å². The van der Waals surface area contributed by atoms with E-state index in [1.165, 1.54) is 37.2 Å². The topological polar surface area (TPSA) is 57.5 Å². The van der Waals surface area contributed by atoms with Crippen molar-refractivity contribution in [1.29, 1.82) is 0 Å². The van der Waals surface area contributed by atoms with Gasteiger partial charge in [0, 0.05) is 51.5 Å². The minimum atomic E-state index is 0.521. The number of nitrogens with one attached hydrogen (secondary N) is 2. The van der Waals surface area contributed by atoms with E-state index in [-0.39, 0.29) is 0 Å². The van der Waals surface area contributed by atoms with Gasteiger partial charge in [0.25, 0.3) is 0 Å². The van der Waals surface area contributed by atoms with Crippen LogP contribution in [-0.2, 0) is 13.5 Å². The van der Waals surface area contributed by atoms with Crippen LogP contribution in [0.5, 0.6) is 0 Å². The van der Waals surface area contributed by atoms with E-state index in [1.807, 2.05) is 18.8 Å². The third-order valence-corrected chi connectivity index (χ3v) is 5.15. The SMILES string of the molecule is CN=C(NCCc1c(C)nn(C)c1C)NC1CCN(C(C)C)CC1. The maximum Gasteiger partial charge on any atom is 0.191 e. The van der Waals surface area contributed by atoms with Gasteiger partial charge in [0.05, 0.1) is 5.69 Å². The molecule has 1 aromatic rings. The molecule has 2 N–H and O–H groups in total. The third kappa shape index (κ3) is 4.72. The Labute approximate surface area is 146 Å². The Morgan fingerprint density at radius 3 is 2.46 bits per heavy atom. The molecule has 1 aromatic heterocycles. The smallest absolute Gasteiger partial charge is 0.191 e. The average Bonchev–Trinajstić information content (AvgIpc) is 2.80. The van der Waals surface area contributed by atoms with Crippen LogP contribution in [0.15, 0.2) is 4.99 Å². The number of hydrogen-bond donors (Lipinski definition) is 2. The fourth-order valence-corrected chi connectivity index (χ4v) is 3.43. The third-order valence-electron chi connectivity index (χ3n) is 5.15. The molecule has 1 saturated heterocycles. The molecule has 136 valence electrons. The summed E-state index contributed by atoms with van der Waals surface area (Å²) in [6.07, 6.45) is 3.33. The van der Waals surface area contributed by atoms with Gasteiger partial charge in [-0.25, -0.2) is 0 Å². The summed E-state index contributed by atoms with van der Waals surface area (Å²) in [5.74, 6) is 0.914. The standard InChI is InChI=1S/C18H34N6/c1-13(2)24-11-8-16(9-12-24)21-18(19-5)20-10-7-17-14(3)22-23(6)15(17)4/h13,16H,7-12H2,1-6H3,(H2,19,20,21). The van der Waals surface area contributed by atoms with Crippen LogP contribution in [0, 0.1) is 13.8 Å². The molecule has 0 spiro atoms. The number of aryl methyl sites for hydroxylation is 2. The normalized spacial score (nSPS) is 17.5. The molecule has 1 fully saturated rings. The van der Waals surface area contributed by atoms with Crippen molar-refractivity contribution in [1.82, 2.24) is 25.3 Å². The Bertz CT molecular complexity index is 552. The summed E-state index contributed by atoms with van der Waals surface area (Å²) in [4.78, 5) is 6.92. The van der Waals surface area contributed by atoms with Crippen molar-refractivity contribution in [2.75, 3.05) is 26.7 Å². The zero-order chi connectivity index (χ0) is 17.7. The van der Waals surface area contributed by atoms with Gasteiger partial charge in [-0.15, -0.1) is 0 Å². The first-order chi connectivity index (χ1) is 11.4. The summed E-state index contributed by atoms with van der Waals surface area (Å²) < 4.78 is 1.96. The molecule has 0 aromatic carbocycles. The summed E-state index contributed by atoms with van der Waals surface area (Å²) in [7, 11) is 3.85. The molecule has 1 aliphatic heterocycles. The van der Waals surface area contributed by atoms with E-state index < -0.39 is 0 Å². The number of rotatable bonds is 5. The number of likely N-dealkylation sites (tertiary alicyclic amines) is 1. The lowest BCUT2D eigenvalue weighted by molar-refractivity contribution is 0.167. The zero-order valence-electron chi connectivity index (χ0n) is 16.2. The van der Waals surface area contributed by atoms with Gasteiger partial charge in [-0.1, -0.05) is 0 Å². The van der Waals surface area contributed by atoms with Crippen molar-refractivity contribution in [2.24, 2.45) is 12.0 Å². The van der Waals surface area contributed by atoms with Gasteiger partial charge in [0.2, 0.25) is 0 Å². The van der Waals surface area contributed by atoms with E-state index in [4.69, 9.17) is 0 Å². The summed E-state index contributed by atoms with van der Waals surface area (Å²) in [6, 6.07) is 1.17. The van der Waals surface area contributed by atoms with E-state index in [9.17, 15) is 0 Å². The number of piperidine rings is 1. The predicted octanol–water partition coefficient (Wildman–Crippen LogP) is 1.62. The average molecular weight is 335 g/mol. The van der Waals surface area contributed by atoms with Crippen molar-refractivity contribution < 1.29 is 0 Å². The highest BCUT2D eigenvalue weighted by atomic mass is 15.3. The Morgan fingerprint density at radius 1 is 1.29 bits per heavy atom. The van der Waals surface area contributed by atoms with E-state index in [2.05, 4.69) is 53.3 Å². The molecule has 24 heavy (non-hydrogen) atoms. The zero-order valence-corrected chi connectivity index (χ0v) is 16.2. The second kappa shape index (κ2) is 8.51. The van der Waals surface area contributed by atoms with Gasteiger partial charge < -0.3 is 15.5 Å². The molecule has 0 bridgehead atoms. The Morgan fingerprint density at radius 2 is 1.96 bits per heavy atom. The van der Waals surface area contributed by atoms with Gasteiger partial charge in [0.1, 0.15) is 0 Å². The predicted molar refractivity (Wildman–Crippen MR) is 101 cm³/mol. The highest BCUT2D eigenvalue weighted by molar-refractivity contribution is 5.79. The molecule has 0 aliphatic carbocycles. The maximum absolute atomic E-state index is 4.48. The molecule has 2 rings (SSSR count). The monoisotopic (exact) mass is 334 g/mol. The van der Waals surface area contributed by atoms with E-state index in [1.54, 1.807) is 0 Å². The molecule has 0 atom stereocenters. The minimum absolute atomic E-state index is 0.521. The summed E-state index contributed by atoms with van der Waals surface area (Å²) >= 11 is 0. The van der Waals surface area contributed by atoms with Crippen LogP contribution in [0.3, 0.4) is 0 Å². The van der Waals surface area contributed by atoms with Gasteiger partial charge in [-0.3, -0.25) is 9.67 Å². The van der Waals surface area contributed by atoms with E-state index in [0.29, 0.717) is 12.1 Å². The quantitative estimate of drug-likeness (QED) is 0.635. The fraction of sp³-hybridized carbons (Fsp3) is 0.778. The molecule has 0 amide bonds. The lowest BCUT2D eigenvalue weighted by Gasteiger charge is -2.35. The van der Waals surface area contributed by atoms with Crippen LogP contribution in [0.2, 0.25) is 0 Å². The molecular weight excluding hydrogens is 300 g/mol. The molecule has 0 radical (unpaired) electrons. The van der Waals surface area contributed by atoms with Crippen LogP contribution < -0.4 is 10.6 Å². The minimum Gasteiger partial charge on any atom is -0.356 e. The highest BCUT2D eigenvalue weighted by Gasteiger charge is 2.21. The summed E-state index contributed by atoms with van der Waals surface area (Å²) in [6.45, 7) is 12.0. The molecule has 0 unspecified atom stereocenters. The molecule has 1 aliphatic rings. The van der Waals surface area contributed by atoms with Crippen molar-refractivity contribution in [3.63, 3.8) is 0 Å². The Kier molecular flexibility index (Phi) is 6.66. The van der Waals surface area contributed by atoms with Crippen molar-refractivity contribution in [3.05, 3.63) is 17.0 Å². The molecule has 2 heterocycles. The van der Waals surface area contributed by atoms with Crippen LogP contribution >= 0.6 is 0 Å². The highest BCUT2D eigenvalue weighted by Crippen LogP contribution is 2.13. The first-order valence-electron chi connectivity index (χ1n) is 9.12. The number of aliphatic imine (C=N–C) groups is 1.